The van der Waals surface area contributed by atoms with Crippen LogP contribution in [0, 0.1) is 0 Å². The highest BCUT2D eigenvalue weighted by atomic mass is 16.1. The average Bonchev–Trinajstić information content (AvgIpc) is 2.38. The monoisotopic (exact) mass is 249 g/mol. The second-order valence-electron chi connectivity index (χ2n) is 5.17. The molecule has 0 aliphatic carbocycles. The molecule has 1 aromatic rings. The Hall–Kier alpha value is -1.05. The smallest absolute Gasteiger partial charge is 0.248 e. The first-order valence-electron chi connectivity index (χ1n) is 7.46. The van der Waals surface area contributed by atoms with Crippen molar-refractivity contribution in [2.45, 2.75) is 71.1 Å². The fourth-order valence-electron chi connectivity index (χ4n) is 2.46. The Labute approximate surface area is 111 Å². The maximum atomic E-state index is 11.4. The van der Waals surface area contributed by atoms with E-state index in [4.69, 9.17) is 0 Å². The van der Waals surface area contributed by atoms with Crippen LogP contribution in [0.3, 0.4) is 0 Å². The Bertz CT molecular complexity index is 369. The average molecular weight is 249 g/mol. The van der Waals surface area contributed by atoms with Crippen LogP contribution in [0.25, 0.3) is 0 Å². The molecule has 0 amide bonds. The van der Waals surface area contributed by atoms with Crippen LogP contribution in [-0.2, 0) is 0 Å². The number of aromatic amines is 1. The van der Waals surface area contributed by atoms with Gasteiger partial charge in [-0.25, -0.2) is 0 Å². The van der Waals surface area contributed by atoms with Gasteiger partial charge in [-0.15, -0.1) is 0 Å². The van der Waals surface area contributed by atoms with Gasteiger partial charge >= 0.3 is 0 Å². The minimum atomic E-state index is 0.0301. The van der Waals surface area contributed by atoms with Crippen LogP contribution in [0.4, 0.5) is 0 Å². The Kier molecular flexibility index (Phi) is 7.47. The number of H-pyrrole nitrogens is 1. The second kappa shape index (κ2) is 8.96. The van der Waals surface area contributed by atoms with Gasteiger partial charge in [0, 0.05) is 12.3 Å². The summed E-state index contributed by atoms with van der Waals surface area (Å²) in [6.07, 6.45) is 11.9. The molecule has 1 atom stereocenters. The summed E-state index contributed by atoms with van der Waals surface area (Å²) in [5.74, 6) is 0.573. The van der Waals surface area contributed by atoms with Gasteiger partial charge in [0.1, 0.15) is 0 Å². The second-order valence-corrected chi connectivity index (χ2v) is 5.17. The third-order valence-corrected chi connectivity index (χ3v) is 3.58. The Balaban J connectivity index is 2.56. The van der Waals surface area contributed by atoms with Crippen molar-refractivity contribution in [1.29, 1.82) is 0 Å². The van der Waals surface area contributed by atoms with E-state index in [9.17, 15) is 4.79 Å². The summed E-state index contributed by atoms with van der Waals surface area (Å²) < 4.78 is 0. The largest absolute Gasteiger partial charge is 0.329 e. The number of hydrogen-bond donors (Lipinski definition) is 1. The van der Waals surface area contributed by atoms with Crippen molar-refractivity contribution in [3.8, 4) is 0 Å². The van der Waals surface area contributed by atoms with Gasteiger partial charge in [0.05, 0.1) is 0 Å². The van der Waals surface area contributed by atoms with Gasteiger partial charge in [-0.05, 0) is 30.4 Å². The van der Waals surface area contributed by atoms with E-state index in [-0.39, 0.29) is 5.56 Å². The summed E-state index contributed by atoms with van der Waals surface area (Å²) in [5, 5.41) is 0. The van der Waals surface area contributed by atoms with E-state index in [0.717, 1.165) is 0 Å². The molecule has 0 bridgehead atoms. The zero-order chi connectivity index (χ0) is 13.2. The predicted octanol–water partition coefficient (Wildman–Crippen LogP) is 4.62. The van der Waals surface area contributed by atoms with Crippen LogP contribution in [0.2, 0.25) is 0 Å². The molecule has 1 heterocycles. The van der Waals surface area contributed by atoms with E-state index < -0.39 is 0 Å². The van der Waals surface area contributed by atoms with Gasteiger partial charge in [-0.1, -0.05) is 52.4 Å². The minimum absolute atomic E-state index is 0.0301. The van der Waals surface area contributed by atoms with Crippen LogP contribution in [0.5, 0.6) is 0 Å². The van der Waals surface area contributed by atoms with Gasteiger partial charge in [-0.3, -0.25) is 4.79 Å². The van der Waals surface area contributed by atoms with E-state index >= 15 is 0 Å². The summed E-state index contributed by atoms with van der Waals surface area (Å²) in [5.41, 5.74) is 1.26. The molecule has 1 unspecified atom stereocenters. The standard InChI is InChI=1S/C16H27NO/c1-3-5-7-8-10-14(9-6-4-2)15-11-12-17-16(18)13-15/h11-14H,3-10H2,1-2H3,(H,17,18). The number of pyridine rings is 1. The highest BCUT2D eigenvalue weighted by Gasteiger charge is 2.11. The third kappa shape index (κ3) is 5.52. The third-order valence-electron chi connectivity index (χ3n) is 3.58. The zero-order valence-corrected chi connectivity index (χ0v) is 11.9. The van der Waals surface area contributed by atoms with Crippen LogP contribution in [0.15, 0.2) is 23.1 Å². The summed E-state index contributed by atoms with van der Waals surface area (Å²) >= 11 is 0. The van der Waals surface area contributed by atoms with Crippen molar-refractivity contribution in [1.82, 2.24) is 4.98 Å². The Morgan fingerprint density at radius 2 is 1.78 bits per heavy atom. The lowest BCUT2D eigenvalue weighted by Gasteiger charge is -2.16. The number of rotatable bonds is 9. The lowest BCUT2D eigenvalue weighted by Crippen LogP contribution is -2.08. The molecule has 1 N–H and O–H groups in total. The summed E-state index contributed by atoms with van der Waals surface area (Å²) in [7, 11) is 0. The maximum Gasteiger partial charge on any atom is 0.248 e. The van der Waals surface area contributed by atoms with Crippen molar-refractivity contribution in [3.05, 3.63) is 34.2 Å². The molecule has 1 aromatic heterocycles. The molecule has 0 aliphatic heterocycles. The summed E-state index contributed by atoms with van der Waals surface area (Å²) in [4.78, 5) is 14.1. The Morgan fingerprint density at radius 3 is 2.44 bits per heavy atom. The van der Waals surface area contributed by atoms with E-state index in [1.54, 1.807) is 12.3 Å². The fraction of sp³-hybridized carbons (Fsp3) is 0.688. The molecule has 0 radical (unpaired) electrons. The van der Waals surface area contributed by atoms with Crippen molar-refractivity contribution >= 4 is 0 Å². The molecule has 0 spiro atoms. The van der Waals surface area contributed by atoms with Crippen LogP contribution >= 0.6 is 0 Å². The lowest BCUT2D eigenvalue weighted by molar-refractivity contribution is 0.508. The van der Waals surface area contributed by atoms with Crippen LogP contribution in [0.1, 0.15) is 76.7 Å². The van der Waals surface area contributed by atoms with E-state index in [1.807, 2.05) is 0 Å². The minimum Gasteiger partial charge on any atom is -0.329 e. The number of aromatic nitrogens is 1. The molecule has 102 valence electrons. The van der Waals surface area contributed by atoms with Gasteiger partial charge < -0.3 is 4.98 Å². The van der Waals surface area contributed by atoms with Crippen molar-refractivity contribution < 1.29 is 0 Å². The van der Waals surface area contributed by atoms with Crippen molar-refractivity contribution in [3.63, 3.8) is 0 Å². The molecule has 0 fully saturated rings. The van der Waals surface area contributed by atoms with Gasteiger partial charge in [0.15, 0.2) is 0 Å². The van der Waals surface area contributed by atoms with Crippen molar-refractivity contribution in [2.75, 3.05) is 0 Å². The number of nitrogens with one attached hydrogen (secondary N) is 1. The van der Waals surface area contributed by atoms with Crippen molar-refractivity contribution in [2.24, 2.45) is 0 Å². The zero-order valence-electron chi connectivity index (χ0n) is 11.9. The molecule has 1 rings (SSSR count). The van der Waals surface area contributed by atoms with Gasteiger partial charge in [0.25, 0.3) is 0 Å². The number of unbranched alkanes of at least 4 members (excludes halogenated alkanes) is 4. The van der Waals surface area contributed by atoms with E-state index in [2.05, 4.69) is 24.9 Å². The molecule has 0 aliphatic rings. The maximum absolute atomic E-state index is 11.4. The topological polar surface area (TPSA) is 32.9 Å². The van der Waals surface area contributed by atoms with E-state index in [0.29, 0.717) is 5.92 Å². The lowest BCUT2D eigenvalue weighted by atomic mass is 9.89. The molecule has 0 saturated carbocycles. The molecular weight excluding hydrogens is 222 g/mol. The first kappa shape index (κ1) is 15.0. The Morgan fingerprint density at radius 1 is 1.06 bits per heavy atom. The molecular formula is C16H27NO. The molecule has 0 saturated heterocycles. The first-order chi connectivity index (χ1) is 8.77. The van der Waals surface area contributed by atoms with Gasteiger partial charge in [0.2, 0.25) is 5.56 Å². The highest BCUT2D eigenvalue weighted by Crippen LogP contribution is 2.27. The van der Waals surface area contributed by atoms with Gasteiger partial charge in [-0.2, -0.15) is 0 Å². The summed E-state index contributed by atoms with van der Waals surface area (Å²) in [6, 6.07) is 3.85. The van der Waals surface area contributed by atoms with E-state index in [1.165, 1.54) is 56.9 Å². The molecule has 18 heavy (non-hydrogen) atoms. The first-order valence-corrected chi connectivity index (χ1v) is 7.46. The quantitative estimate of drug-likeness (QED) is 0.636. The SMILES string of the molecule is CCCCCCC(CCCC)c1cc[nH]c(=O)c1. The summed E-state index contributed by atoms with van der Waals surface area (Å²) in [6.45, 7) is 4.47. The predicted molar refractivity (Wildman–Crippen MR) is 78.1 cm³/mol. The van der Waals surface area contributed by atoms with Crippen LogP contribution in [-0.4, -0.2) is 4.98 Å². The molecule has 2 nitrogen and oxygen atoms in total. The molecule has 2 heteroatoms. The fourth-order valence-corrected chi connectivity index (χ4v) is 2.46. The number of hydrogen-bond acceptors (Lipinski definition) is 1. The van der Waals surface area contributed by atoms with Crippen LogP contribution < -0.4 is 5.56 Å². The highest BCUT2D eigenvalue weighted by molar-refractivity contribution is 5.15. The normalized spacial score (nSPS) is 12.6. The molecule has 0 aromatic carbocycles.